The molecule has 21 heteroatoms. The van der Waals surface area contributed by atoms with Gasteiger partial charge >= 0.3 is 121 Å². The quantitative estimate of drug-likeness (QED) is 0.141. The summed E-state index contributed by atoms with van der Waals surface area (Å²) >= 11 is -1.09. The Morgan fingerprint density at radius 2 is 0.653 bits per heavy atom. The van der Waals surface area contributed by atoms with Crippen LogP contribution in [-0.4, -0.2) is 236 Å². The van der Waals surface area contributed by atoms with Gasteiger partial charge in [-0.15, -0.1) is 6.10 Å². The van der Waals surface area contributed by atoms with Gasteiger partial charge in [-0.3, -0.25) is 19.7 Å². The van der Waals surface area contributed by atoms with Crippen LogP contribution < -0.4 is 70.7 Å². The van der Waals surface area contributed by atoms with Gasteiger partial charge in [-0.25, -0.2) is 15.0 Å². The Morgan fingerprint density at radius 3 is 0.805 bits per heavy atom. The molecule has 688 valence electrons. The van der Waals surface area contributed by atoms with E-state index in [1.54, 1.807) is 24.3 Å². The number of nitrogens with zero attached hydrogens (tertiary/aromatic N) is 9. The van der Waals surface area contributed by atoms with E-state index in [0.717, 1.165) is 106 Å². The molecule has 2 N–H and O–H groups in total. The molecule has 0 saturated carbocycles. The molecule has 5 aromatic rings. The van der Waals surface area contributed by atoms with E-state index in [1.807, 2.05) is 96.7 Å². The van der Waals surface area contributed by atoms with E-state index < -0.39 is 39.5 Å². The molecule has 0 aliphatic carbocycles. The minimum absolute atomic E-state index is 0. The van der Waals surface area contributed by atoms with Gasteiger partial charge in [0.2, 0.25) is 17.6 Å². The van der Waals surface area contributed by atoms with E-state index in [0.29, 0.717) is 35.9 Å². The van der Waals surface area contributed by atoms with Crippen LogP contribution in [0.3, 0.4) is 0 Å². The Hall–Kier alpha value is -1.55. The molecule has 10 bridgehead atoms. The van der Waals surface area contributed by atoms with Gasteiger partial charge in [0.05, 0.1) is 6.10 Å². The van der Waals surface area contributed by atoms with Gasteiger partial charge in [0, 0.05) is 74.9 Å². The third-order valence-electron chi connectivity index (χ3n) is 19.9. The fourth-order valence-electron chi connectivity index (χ4n) is 13.2. The first-order valence-electron chi connectivity index (χ1n) is 40.7. The van der Waals surface area contributed by atoms with Crippen LogP contribution in [0.2, 0.25) is 56.9 Å². The summed E-state index contributed by atoms with van der Waals surface area (Å²) in [5.41, 5.74) is 5.93. The number of phenolic OH excluding ortho intramolecular Hbond substituents is 1. The van der Waals surface area contributed by atoms with Crippen LogP contribution in [0.4, 0.5) is 0 Å². The van der Waals surface area contributed by atoms with Gasteiger partial charge in [-0.1, -0.05) is 226 Å². The molecule has 0 spiro atoms. The molecular weight excluding hydrogens is 1720 g/mol. The van der Waals surface area contributed by atoms with Crippen LogP contribution in [0.1, 0.15) is 243 Å². The second kappa shape index (κ2) is 83.7. The average Bonchev–Trinajstić information content (AvgIpc) is 0.831. The zero-order chi connectivity index (χ0) is 76.9. The van der Waals surface area contributed by atoms with E-state index in [-0.39, 0.29) is 166 Å². The Kier molecular flexibility index (Phi) is 101. The number of fused-ring (bicyclic) bond motifs is 15. The van der Waals surface area contributed by atoms with E-state index in [9.17, 15) is 10.2 Å². The largest absolute Gasteiger partial charge is 1.00 e. The van der Waals surface area contributed by atoms with Crippen molar-refractivity contribution in [3.63, 3.8) is 0 Å². The van der Waals surface area contributed by atoms with E-state index in [4.69, 9.17) is 19.3 Å². The minimum Gasteiger partial charge on any atom is -0.851 e. The third-order valence-corrected chi connectivity index (χ3v) is 19.9. The number of ether oxygens (including phenoxy) is 3. The summed E-state index contributed by atoms with van der Waals surface area (Å²) in [4.78, 5) is 43.4. The third kappa shape index (κ3) is 61.8. The summed E-state index contributed by atoms with van der Waals surface area (Å²) in [7, 11) is 0. The predicted octanol–water partition coefficient (Wildman–Crippen LogP) is 21.4. The van der Waals surface area contributed by atoms with E-state index in [2.05, 4.69) is 160 Å². The fraction of sp³-hybridized carbons (Fsp3) is 0.732. The first-order valence-corrected chi connectivity index (χ1v) is 57.9. The first-order chi connectivity index (χ1) is 49.8. The maximum absolute atomic E-state index is 11.1. The summed E-state index contributed by atoms with van der Waals surface area (Å²) in [6.07, 6.45) is 24.4. The molecule has 0 unspecified atom stereocenters. The van der Waals surface area contributed by atoms with Gasteiger partial charge in [0.25, 0.3) is 0 Å². The van der Waals surface area contributed by atoms with Crippen LogP contribution in [0.5, 0.6) is 23.4 Å². The molecule has 5 atom stereocenters. The molecule has 1 aromatic carbocycles. The molecule has 19 heterocycles. The van der Waals surface area contributed by atoms with Gasteiger partial charge in [0.1, 0.15) is 37.3 Å². The molecule has 15 aliphatic heterocycles. The Bertz CT molecular complexity index is 2720. The topological polar surface area (TPSA) is 159 Å². The van der Waals surface area contributed by atoms with Gasteiger partial charge in [-0.2, -0.15) is 13.5 Å². The SMILES string of the molecule is C.C.C.C.C.C.C.C.C.C.C.C.CB(C)B(C)C.CC.CCC.CCC.CCc1ccc(O[C@H]2CN3CCC2CC3)nc1.Cc1ccc(C)nc1.Cc1ccc(O[C@H]2CN3CCC2CC3)nc1.Cc1ccc(O[C@H]2CN3CCC2CC3)nc1.O[C@@H]1CN2CCC1CC2.Oc1ccccc1.S.[CH3][Sn]([CH3])[CH3].[CH3][Sn]([CH3])[CH3].[K+].[O-][C@H]1CN2CCC1CC2. The minimum atomic E-state index is -0.543. The molecule has 4 aromatic heterocycles. The monoisotopic (exact) mass is 1920 g/mol. The van der Waals surface area contributed by atoms with Crippen LogP contribution in [-0.2, 0) is 6.42 Å². The number of aromatic hydroxyl groups is 1. The second-order valence-corrected chi connectivity index (χ2v) is 48.8. The number of hydrogen-bond donors (Lipinski definition) is 2. The zero-order valence-electron chi connectivity index (χ0n) is 71.1. The molecule has 0 amide bonds. The molecular formula is C97H198B2KN9O6SSn2. The zero-order valence-corrected chi connectivity index (χ0v) is 80.9. The van der Waals surface area contributed by atoms with Crippen molar-refractivity contribution in [3.8, 4) is 23.4 Å². The number of hydrogen-bond acceptors (Lipinski definition) is 15. The van der Waals surface area contributed by atoms with Crippen LogP contribution in [0, 0.1) is 57.3 Å². The number of aliphatic hydroxyl groups is 1. The Labute approximate surface area is 802 Å². The smallest absolute Gasteiger partial charge is 0.851 e. The summed E-state index contributed by atoms with van der Waals surface area (Å²) < 4.78 is 18.0. The second-order valence-electron chi connectivity index (χ2n) is 31.7. The maximum Gasteiger partial charge on any atom is 1.00 e. The molecule has 2 radical (unpaired) electrons. The van der Waals surface area contributed by atoms with Crippen molar-refractivity contribution in [2.24, 2.45) is 29.6 Å². The van der Waals surface area contributed by atoms with Crippen LogP contribution >= 0.6 is 13.5 Å². The Balaban J connectivity index is -0.000000106. The van der Waals surface area contributed by atoms with Crippen molar-refractivity contribution in [1.29, 1.82) is 0 Å². The summed E-state index contributed by atoms with van der Waals surface area (Å²) in [5, 5.41) is 29.1. The van der Waals surface area contributed by atoms with Gasteiger partial charge in [-0.05, 0) is 234 Å². The average molecular weight is 1920 g/mol. The molecule has 118 heavy (non-hydrogen) atoms. The fourth-order valence-corrected chi connectivity index (χ4v) is 13.2. The molecule has 15 saturated heterocycles. The van der Waals surface area contributed by atoms with E-state index in [1.165, 1.54) is 152 Å². The molecule has 15 fully saturated rings. The number of pyridine rings is 4. The molecule has 15 aliphatic rings. The van der Waals surface area contributed by atoms with Crippen LogP contribution in [0.15, 0.2) is 104 Å². The van der Waals surface area contributed by atoms with Crippen molar-refractivity contribution in [1.82, 2.24) is 44.4 Å². The van der Waals surface area contributed by atoms with Crippen molar-refractivity contribution in [2.75, 3.05) is 98.2 Å². The number of aromatic nitrogens is 4. The van der Waals surface area contributed by atoms with Gasteiger partial charge < -0.3 is 39.3 Å². The van der Waals surface area contributed by atoms with Crippen molar-refractivity contribution >= 4 is 66.2 Å². The van der Waals surface area contributed by atoms with Crippen molar-refractivity contribution in [3.05, 3.63) is 132 Å². The summed E-state index contributed by atoms with van der Waals surface area (Å²) in [6, 6.07) is 25.0. The summed E-state index contributed by atoms with van der Waals surface area (Å²) in [5.74, 6) is 6.07. The number of benzene rings is 1. The maximum atomic E-state index is 11.1. The number of aliphatic hydroxyl groups excluding tert-OH is 1. The normalized spacial score (nSPS) is 23.5. The molecule has 20 rings (SSSR count). The number of rotatable bonds is 8. The predicted molar refractivity (Wildman–Crippen MR) is 538 cm³/mol. The standard InChI is InChI=1S/C14H20N2O.2C13H18N2O.C7H13NO.C7H12NO.C7H9N.C6H6O.C4H12B2.2C3H8.C2H6.12CH4.6CH3.K.H2S.2Sn/c1-2-11-3-4-14(15-9-11)17-13-10-16-7-5-12(13)6-8-16;2*1-10-2-3-13(14-8-10)16-12-9-15-6-4-11(12)5-7-15;2*9-7-5-8-3-1-6(7)2-4-8;1-6-3-4-7(2)8-5-6;7-6-4-2-1-3-5-6;1-5(2)6(3)4;2*1-3-2;1-2;;;;;;;;;;;;;;;;;;;;;;/h3-4,9,12-13H,2,5-8,10H2,1H3;2*2-3,8,11-12H,4-7,9H2,1H3;6-7,9H,1-5H2;6-7H,1-5H2;3-5H,1-2H3;1-5,7H;1-4H3;2*3H2,1-2H3;1-2H3;12*1H4;6*1H3;;1H2;;/q;;;;-1;;;;;;;;;;;;;;;;;;;;;;;;;+1;;;/t13-;2*12-;2*7-;;;;;;;;;;;;;;;;;;;;;;;;;;;;/m00010............................/s1. The number of piperidine rings is 15. The van der Waals surface area contributed by atoms with Crippen LogP contribution in [0.25, 0.3) is 0 Å². The van der Waals surface area contributed by atoms with Gasteiger partial charge in [0.15, 0.2) is 0 Å². The van der Waals surface area contributed by atoms with Crippen molar-refractivity contribution in [2.45, 2.75) is 336 Å². The first kappa shape index (κ1) is 142. The number of phenols is 1. The Morgan fingerprint density at radius 1 is 0.390 bits per heavy atom. The molecule has 15 nitrogen and oxygen atoms in total. The summed E-state index contributed by atoms with van der Waals surface area (Å²) in [6.45, 7) is 50.8. The van der Waals surface area contributed by atoms with Crippen molar-refractivity contribution < 1.29 is 80.9 Å². The number of aryl methyl sites for hydroxylation is 5. The van der Waals surface area contributed by atoms with E-state index >= 15 is 0 Å². The number of para-hydroxylation sites is 1.